The Hall–Kier alpha value is -1.72. The highest BCUT2D eigenvalue weighted by Crippen LogP contribution is 2.56. The molecule has 1 saturated carbocycles. The van der Waals surface area contributed by atoms with Gasteiger partial charge in [-0.05, 0) is 77.6 Å². The summed E-state index contributed by atoms with van der Waals surface area (Å²) in [4.78, 5) is 23.6. The molecule has 5 nitrogen and oxygen atoms in total. The average Bonchev–Trinajstić information content (AvgIpc) is 3.08. The Morgan fingerprint density at radius 2 is 1.77 bits per heavy atom. The van der Waals surface area contributed by atoms with Gasteiger partial charge in [0.05, 0.1) is 11.5 Å². The van der Waals surface area contributed by atoms with Crippen molar-refractivity contribution in [3.63, 3.8) is 0 Å². The number of ketones is 1. The molecule has 0 saturated heterocycles. The van der Waals surface area contributed by atoms with Gasteiger partial charge in [-0.25, -0.2) is 4.79 Å². The quantitative estimate of drug-likeness (QED) is 0.394. The van der Waals surface area contributed by atoms with Crippen LogP contribution in [0.4, 0.5) is 0 Å². The van der Waals surface area contributed by atoms with E-state index in [9.17, 15) is 19.8 Å². The van der Waals surface area contributed by atoms with Gasteiger partial charge in [0.15, 0.2) is 0 Å². The predicted octanol–water partition coefficient (Wildman–Crippen LogP) is 4.78. The number of carbonyl (C=O) groups is 2. The second-order valence-electron chi connectivity index (χ2n) is 9.65. The Kier molecular flexibility index (Phi) is 8.23. The Labute approximate surface area is 180 Å². The van der Waals surface area contributed by atoms with E-state index >= 15 is 0 Å². The lowest BCUT2D eigenvalue weighted by atomic mass is 9.62. The number of ether oxygens (including phenoxy) is 1. The van der Waals surface area contributed by atoms with Crippen molar-refractivity contribution in [1.82, 2.24) is 0 Å². The van der Waals surface area contributed by atoms with Crippen molar-refractivity contribution in [3.05, 3.63) is 34.9 Å². The monoisotopic (exact) mass is 418 g/mol. The van der Waals surface area contributed by atoms with Gasteiger partial charge in [-0.1, -0.05) is 37.1 Å². The molecule has 5 heteroatoms. The maximum Gasteiger partial charge on any atom is 0.333 e. The molecule has 3 atom stereocenters. The zero-order valence-corrected chi connectivity index (χ0v) is 19.2. The third-order valence-electron chi connectivity index (χ3n) is 7.17. The molecule has 0 aromatic heterocycles. The van der Waals surface area contributed by atoms with Gasteiger partial charge in [0, 0.05) is 11.6 Å². The molecule has 1 aliphatic heterocycles. The predicted molar refractivity (Wildman–Crippen MR) is 118 cm³/mol. The van der Waals surface area contributed by atoms with Gasteiger partial charge in [0.2, 0.25) is 6.29 Å². The number of aliphatic hydroxyl groups excluding tert-OH is 2. The van der Waals surface area contributed by atoms with Crippen LogP contribution >= 0.6 is 0 Å². The van der Waals surface area contributed by atoms with Crippen LogP contribution in [0.15, 0.2) is 34.9 Å². The fraction of sp³-hybridized carbons (Fsp3) is 0.680. The molecule has 1 fully saturated rings. The summed E-state index contributed by atoms with van der Waals surface area (Å²) in [5.41, 5.74) is 2.36. The van der Waals surface area contributed by atoms with Gasteiger partial charge >= 0.3 is 5.97 Å². The highest BCUT2D eigenvalue weighted by molar-refractivity contribution is 5.85. The number of hydrogen-bond donors (Lipinski definition) is 2. The zero-order chi connectivity index (χ0) is 22.5. The third kappa shape index (κ3) is 5.50. The average molecular weight is 419 g/mol. The summed E-state index contributed by atoms with van der Waals surface area (Å²) in [6.07, 6.45) is 10.5. The highest BCUT2D eigenvalue weighted by Gasteiger charge is 2.57. The van der Waals surface area contributed by atoms with Crippen molar-refractivity contribution in [3.8, 4) is 0 Å². The number of rotatable bonds is 10. The smallest absolute Gasteiger partial charge is 0.333 e. The highest BCUT2D eigenvalue weighted by atomic mass is 16.6. The summed E-state index contributed by atoms with van der Waals surface area (Å²) in [6.45, 7) is 10.0. The lowest BCUT2D eigenvalue weighted by Gasteiger charge is -2.42. The molecule has 0 bridgehead atoms. The van der Waals surface area contributed by atoms with Crippen LogP contribution in [0.25, 0.3) is 0 Å². The summed E-state index contributed by atoms with van der Waals surface area (Å²) < 4.78 is 4.68. The minimum Gasteiger partial charge on any atom is -0.429 e. The fourth-order valence-corrected chi connectivity index (χ4v) is 5.08. The first kappa shape index (κ1) is 24.5. The Morgan fingerprint density at radius 1 is 1.13 bits per heavy atom. The molecule has 1 heterocycles. The van der Waals surface area contributed by atoms with Crippen molar-refractivity contribution in [2.45, 2.75) is 98.4 Å². The van der Waals surface area contributed by atoms with Crippen LogP contribution in [0.2, 0.25) is 0 Å². The molecule has 1 aliphatic carbocycles. The standard InChI is InChI=1S/C25H38O5/c1-17(10-7-11-20-16-22(28)30-23(20)29)8-6-9-18(2)12-15-25(19(3)26)21(27)13-14-24(25,4)5/h9-10,16,21,23,27,29H,6-8,11-15H2,1-5H3/b17-10?,18-9+/t21-,23?,25+/m0/s1. The molecule has 0 radical (unpaired) electrons. The SMILES string of the molecule is CC(=O)[C@]1(CC/C(C)=C/CCC(C)=CCCC2=CC(=O)OC2O)[C@@H](O)CCC1(C)C. The van der Waals surface area contributed by atoms with E-state index in [1.54, 1.807) is 6.92 Å². The molecule has 2 rings (SSSR count). The first-order valence-corrected chi connectivity index (χ1v) is 11.1. The minimum atomic E-state index is -1.08. The van der Waals surface area contributed by atoms with Crippen LogP contribution < -0.4 is 0 Å². The van der Waals surface area contributed by atoms with Crippen LogP contribution in [0.1, 0.15) is 86.0 Å². The Bertz CT molecular complexity index is 743. The molecule has 0 aromatic rings. The summed E-state index contributed by atoms with van der Waals surface area (Å²) >= 11 is 0. The second-order valence-corrected chi connectivity index (χ2v) is 9.65. The van der Waals surface area contributed by atoms with E-state index in [0.717, 1.165) is 32.1 Å². The Balaban J connectivity index is 1.81. The summed E-state index contributed by atoms with van der Waals surface area (Å²) in [5.74, 6) is -0.363. The van der Waals surface area contributed by atoms with Crippen molar-refractivity contribution < 1.29 is 24.5 Å². The maximum atomic E-state index is 12.5. The van der Waals surface area contributed by atoms with E-state index in [1.807, 2.05) is 0 Å². The summed E-state index contributed by atoms with van der Waals surface area (Å²) in [7, 11) is 0. The second kappa shape index (κ2) is 10.1. The molecule has 2 N–H and O–H groups in total. The van der Waals surface area contributed by atoms with Crippen LogP contribution in [-0.2, 0) is 14.3 Å². The van der Waals surface area contributed by atoms with Crippen LogP contribution in [-0.4, -0.2) is 34.4 Å². The minimum absolute atomic E-state index is 0.110. The van der Waals surface area contributed by atoms with E-state index < -0.39 is 23.8 Å². The molecular formula is C25H38O5. The summed E-state index contributed by atoms with van der Waals surface area (Å²) in [5, 5.41) is 20.2. The van der Waals surface area contributed by atoms with E-state index in [1.165, 1.54) is 17.2 Å². The van der Waals surface area contributed by atoms with Gasteiger partial charge in [0.25, 0.3) is 0 Å². The molecule has 0 amide bonds. The topological polar surface area (TPSA) is 83.8 Å². The van der Waals surface area contributed by atoms with Gasteiger partial charge in [-0.3, -0.25) is 4.79 Å². The number of hydrogen-bond acceptors (Lipinski definition) is 5. The molecule has 1 unspecified atom stereocenters. The van der Waals surface area contributed by atoms with E-state index in [2.05, 4.69) is 44.6 Å². The fourth-order valence-electron chi connectivity index (χ4n) is 5.08. The number of aliphatic hydroxyl groups is 2. The first-order valence-electron chi connectivity index (χ1n) is 11.1. The van der Waals surface area contributed by atoms with Crippen molar-refractivity contribution in [2.75, 3.05) is 0 Å². The van der Waals surface area contributed by atoms with E-state index in [4.69, 9.17) is 0 Å². The van der Waals surface area contributed by atoms with Crippen LogP contribution in [0.5, 0.6) is 0 Å². The number of cyclic esters (lactones) is 1. The first-order chi connectivity index (χ1) is 14.0. The molecule has 0 aromatic carbocycles. The molecule has 2 aliphatic rings. The number of Topliss-reactive ketones (excluding diaryl/α,β-unsaturated/α-hetero) is 1. The van der Waals surface area contributed by atoms with E-state index in [0.29, 0.717) is 24.8 Å². The largest absolute Gasteiger partial charge is 0.429 e. The van der Waals surface area contributed by atoms with Crippen molar-refractivity contribution in [1.29, 1.82) is 0 Å². The maximum absolute atomic E-state index is 12.5. The van der Waals surface area contributed by atoms with E-state index in [-0.39, 0.29) is 11.2 Å². The molecule has 30 heavy (non-hydrogen) atoms. The number of esters is 1. The van der Waals surface area contributed by atoms with Crippen LogP contribution in [0, 0.1) is 10.8 Å². The van der Waals surface area contributed by atoms with Crippen molar-refractivity contribution >= 4 is 11.8 Å². The third-order valence-corrected chi connectivity index (χ3v) is 7.17. The molecule has 168 valence electrons. The van der Waals surface area contributed by atoms with Crippen LogP contribution in [0.3, 0.4) is 0 Å². The zero-order valence-electron chi connectivity index (χ0n) is 19.2. The Morgan fingerprint density at radius 3 is 2.30 bits per heavy atom. The van der Waals surface area contributed by atoms with Crippen molar-refractivity contribution in [2.24, 2.45) is 10.8 Å². The normalized spacial score (nSPS) is 29.2. The lowest BCUT2D eigenvalue weighted by molar-refractivity contribution is -0.151. The summed E-state index contributed by atoms with van der Waals surface area (Å²) in [6, 6.07) is 0. The molecule has 0 spiro atoms. The lowest BCUT2D eigenvalue weighted by Crippen LogP contribution is -2.46. The number of carbonyl (C=O) groups excluding carboxylic acids is 2. The van der Waals surface area contributed by atoms with Gasteiger partial charge in [-0.2, -0.15) is 0 Å². The van der Waals surface area contributed by atoms with Gasteiger partial charge in [0.1, 0.15) is 5.78 Å². The van der Waals surface area contributed by atoms with Gasteiger partial charge in [-0.15, -0.1) is 0 Å². The molecular weight excluding hydrogens is 380 g/mol. The number of allylic oxidation sites excluding steroid dienone is 4. The van der Waals surface area contributed by atoms with Gasteiger partial charge < -0.3 is 14.9 Å².